The number of nitrogens with zero attached hydrogens (tertiary/aromatic N) is 2. The first kappa shape index (κ1) is 22.0. The highest BCUT2D eigenvalue weighted by Gasteiger charge is 2.20. The lowest BCUT2D eigenvalue weighted by Crippen LogP contribution is -2.37. The van der Waals surface area contributed by atoms with Crippen molar-refractivity contribution in [2.75, 3.05) is 55.5 Å². The molecular formula is C22H26FN3O4S. The summed E-state index contributed by atoms with van der Waals surface area (Å²) in [6, 6.07) is 8.40. The maximum atomic E-state index is 13.7. The maximum Gasteiger partial charge on any atom is 0.228 e. The van der Waals surface area contributed by atoms with Crippen LogP contribution in [0.2, 0.25) is 0 Å². The largest absolute Gasteiger partial charge is 0.378 e. The van der Waals surface area contributed by atoms with E-state index in [-0.39, 0.29) is 24.4 Å². The molecule has 0 spiro atoms. The maximum absolute atomic E-state index is 13.7. The van der Waals surface area contributed by atoms with Crippen LogP contribution in [0, 0.1) is 12.7 Å². The Labute approximate surface area is 185 Å². The standard InChI is InChI=1S/C22H26FN3O4S/c1-15-10-16(12-17(23)11-15)13-19(27)24-18-2-3-20(31-14-21-29-8-9-30-21)25-22(18)26-4-6-28-7-5-26/h2-3,10-12,21H,4-9,13-14H2,1H3,(H,24,27). The van der Waals surface area contributed by atoms with Crippen LogP contribution in [-0.4, -0.2) is 62.5 Å². The number of nitrogens with one attached hydrogen (secondary N) is 1. The number of halogens is 1. The fraction of sp³-hybridized carbons (Fsp3) is 0.455. The SMILES string of the molecule is Cc1cc(F)cc(CC(=O)Nc2ccc(SCC3OCCO3)nc2N2CCOCC2)c1. The van der Waals surface area contributed by atoms with Gasteiger partial charge >= 0.3 is 0 Å². The monoisotopic (exact) mass is 447 g/mol. The number of rotatable bonds is 7. The van der Waals surface area contributed by atoms with Gasteiger partial charge in [-0.25, -0.2) is 9.37 Å². The number of pyridine rings is 1. The van der Waals surface area contributed by atoms with Gasteiger partial charge < -0.3 is 24.4 Å². The minimum absolute atomic E-state index is 0.0913. The Hall–Kier alpha value is -2.20. The van der Waals surface area contributed by atoms with E-state index < -0.39 is 0 Å². The lowest BCUT2D eigenvalue weighted by Gasteiger charge is -2.29. The van der Waals surface area contributed by atoms with Crippen molar-refractivity contribution in [2.45, 2.75) is 24.7 Å². The number of aromatic nitrogens is 1. The van der Waals surface area contributed by atoms with Crippen LogP contribution < -0.4 is 10.2 Å². The van der Waals surface area contributed by atoms with Crippen LogP contribution in [0.4, 0.5) is 15.9 Å². The number of benzene rings is 1. The zero-order chi connectivity index (χ0) is 21.6. The van der Waals surface area contributed by atoms with Crippen molar-refractivity contribution in [3.8, 4) is 0 Å². The molecule has 0 atom stereocenters. The number of amides is 1. The molecule has 2 aromatic rings. The van der Waals surface area contributed by atoms with Crippen LogP contribution in [0.5, 0.6) is 0 Å². The van der Waals surface area contributed by atoms with Gasteiger partial charge in [0.05, 0.1) is 49.3 Å². The molecule has 2 aliphatic rings. The molecule has 7 nitrogen and oxygen atoms in total. The number of anilines is 2. The summed E-state index contributed by atoms with van der Waals surface area (Å²) >= 11 is 1.56. The van der Waals surface area contributed by atoms with Gasteiger partial charge in [-0.05, 0) is 42.3 Å². The molecule has 31 heavy (non-hydrogen) atoms. The van der Waals surface area contributed by atoms with Crippen molar-refractivity contribution >= 4 is 29.2 Å². The third-order valence-electron chi connectivity index (χ3n) is 4.96. The molecule has 0 aliphatic carbocycles. The fourth-order valence-electron chi connectivity index (χ4n) is 3.58. The van der Waals surface area contributed by atoms with E-state index in [1.165, 1.54) is 12.1 Å². The number of carbonyl (C=O) groups excluding carboxylic acids is 1. The van der Waals surface area contributed by atoms with Gasteiger partial charge in [-0.15, -0.1) is 11.8 Å². The second-order valence-corrected chi connectivity index (χ2v) is 8.50. The van der Waals surface area contributed by atoms with E-state index >= 15 is 0 Å². The van der Waals surface area contributed by atoms with Crippen LogP contribution >= 0.6 is 11.8 Å². The van der Waals surface area contributed by atoms with Gasteiger partial charge in [0.25, 0.3) is 0 Å². The minimum atomic E-state index is -0.338. The molecule has 2 fully saturated rings. The summed E-state index contributed by atoms with van der Waals surface area (Å²) in [5, 5.41) is 3.79. The van der Waals surface area contributed by atoms with E-state index in [1.54, 1.807) is 11.8 Å². The molecule has 1 aromatic heterocycles. The molecule has 0 radical (unpaired) electrons. The second kappa shape index (κ2) is 10.4. The van der Waals surface area contributed by atoms with E-state index in [9.17, 15) is 9.18 Å². The molecule has 2 aliphatic heterocycles. The summed E-state index contributed by atoms with van der Waals surface area (Å²) in [5.74, 6) is 0.815. The Morgan fingerprint density at radius 1 is 1.19 bits per heavy atom. The Balaban J connectivity index is 1.48. The quantitative estimate of drug-likeness (QED) is 0.654. The summed E-state index contributed by atoms with van der Waals surface area (Å²) in [6.45, 7) is 5.66. The molecule has 166 valence electrons. The highest BCUT2D eigenvalue weighted by Crippen LogP contribution is 2.29. The Morgan fingerprint density at radius 2 is 1.97 bits per heavy atom. The van der Waals surface area contributed by atoms with Crippen LogP contribution in [0.15, 0.2) is 35.4 Å². The van der Waals surface area contributed by atoms with Crippen molar-refractivity contribution in [3.63, 3.8) is 0 Å². The molecule has 1 aromatic carbocycles. The van der Waals surface area contributed by atoms with Gasteiger partial charge in [-0.3, -0.25) is 4.79 Å². The van der Waals surface area contributed by atoms with E-state index in [0.717, 1.165) is 10.6 Å². The number of thioether (sulfide) groups is 1. The molecule has 0 bridgehead atoms. The summed E-state index contributed by atoms with van der Waals surface area (Å²) in [6.07, 6.45) is -0.124. The molecular weight excluding hydrogens is 421 g/mol. The minimum Gasteiger partial charge on any atom is -0.378 e. The zero-order valence-electron chi connectivity index (χ0n) is 17.4. The third-order valence-corrected chi connectivity index (χ3v) is 5.92. The van der Waals surface area contributed by atoms with Crippen molar-refractivity contribution < 1.29 is 23.4 Å². The average Bonchev–Trinajstić information content (AvgIpc) is 3.26. The molecule has 9 heteroatoms. The molecule has 4 rings (SSSR count). The first-order valence-corrected chi connectivity index (χ1v) is 11.3. The molecule has 0 saturated carbocycles. The predicted octanol–water partition coefficient (Wildman–Crippen LogP) is 3.01. The van der Waals surface area contributed by atoms with Crippen molar-refractivity contribution in [2.24, 2.45) is 0 Å². The summed E-state index contributed by atoms with van der Waals surface area (Å²) in [4.78, 5) is 19.6. The van der Waals surface area contributed by atoms with Gasteiger partial charge in [-0.1, -0.05) is 6.07 Å². The van der Waals surface area contributed by atoms with E-state index in [4.69, 9.17) is 19.2 Å². The lowest BCUT2D eigenvalue weighted by atomic mass is 10.1. The first-order chi connectivity index (χ1) is 15.1. The molecule has 1 N–H and O–H groups in total. The number of carbonyl (C=O) groups is 1. The number of ether oxygens (including phenoxy) is 3. The highest BCUT2D eigenvalue weighted by molar-refractivity contribution is 7.99. The van der Waals surface area contributed by atoms with Crippen LogP contribution in [-0.2, 0) is 25.4 Å². The molecule has 0 unspecified atom stereocenters. The zero-order valence-corrected chi connectivity index (χ0v) is 18.3. The van der Waals surface area contributed by atoms with Gasteiger partial charge in [0.1, 0.15) is 5.82 Å². The van der Waals surface area contributed by atoms with Crippen LogP contribution in [0.1, 0.15) is 11.1 Å². The normalized spacial score (nSPS) is 17.2. The van der Waals surface area contributed by atoms with E-state index in [2.05, 4.69) is 10.2 Å². The summed E-state index contributed by atoms with van der Waals surface area (Å²) < 4.78 is 30.1. The van der Waals surface area contributed by atoms with Gasteiger partial charge in [0.2, 0.25) is 5.91 Å². The van der Waals surface area contributed by atoms with Gasteiger partial charge in [-0.2, -0.15) is 0 Å². The predicted molar refractivity (Wildman–Crippen MR) is 117 cm³/mol. The Kier molecular flexibility index (Phi) is 7.39. The smallest absolute Gasteiger partial charge is 0.228 e. The number of morpholine rings is 1. The van der Waals surface area contributed by atoms with Crippen molar-refractivity contribution in [1.29, 1.82) is 0 Å². The highest BCUT2D eigenvalue weighted by atomic mass is 32.2. The van der Waals surface area contributed by atoms with Crippen LogP contribution in [0.25, 0.3) is 0 Å². The summed E-state index contributed by atoms with van der Waals surface area (Å²) in [5.41, 5.74) is 2.06. The topological polar surface area (TPSA) is 72.9 Å². The Bertz CT molecular complexity index is 897. The molecule has 3 heterocycles. The third kappa shape index (κ3) is 6.16. The fourth-order valence-corrected chi connectivity index (χ4v) is 4.39. The van der Waals surface area contributed by atoms with E-state index in [0.29, 0.717) is 62.3 Å². The van der Waals surface area contributed by atoms with Crippen molar-refractivity contribution in [3.05, 3.63) is 47.3 Å². The number of aryl methyl sites for hydroxylation is 1. The average molecular weight is 448 g/mol. The molecule has 1 amide bonds. The van der Waals surface area contributed by atoms with Gasteiger partial charge in [0, 0.05) is 13.1 Å². The number of hydrogen-bond acceptors (Lipinski definition) is 7. The van der Waals surface area contributed by atoms with Gasteiger partial charge in [0.15, 0.2) is 12.1 Å². The second-order valence-electron chi connectivity index (χ2n) is 7.46. The van der Waals surface area contributed by atoms with E-state index in [1.807, 2.05) is 25.1 Å². The lowest BCUT2D eigenvalue weighted by molar-refractivity contribution is -0.115. The Morgan fingerprint density at radius 3 is 2.71 bits per heavy atom. The molecule has 2 saturated heterocycles. The first-order valence-electron chi connectivity index (χ1n) is 10.3. The summed E-state index contributed by atoms with van der Waals surface area (Å²) in [7, 11) is 0. The van der Waals surface area contributed by atoms with Crippen molar-refractivity contribution in [1.82, 2.24) is 4.98 Å². The van der Waals surface area contributed by atoms with Crippen LogP contribution in [0.3, 0.4) is 0 Å². The number of hydrogen-bond donors (Lipinski definition) is 1.